The fourth-order valence-corrected chi connectivity index (χ4v) is 4.62. The van der Waals surface area contributed by atoms with Gasteiger partial charge >= 0.3 is 0 Å². The van der Waals surface area contributed by atoms with Crippen LogP contribution in [0.2, 0.25) is 0 Å². The van der Waals surface area contributed by atoms with Gasteiger partial charge in [0.25, 0.3) is 5.91 Å². The quantitative estimate of drug-likeness (QED) is 0.528. The van der Waals surface area contributed by atoms with E-state index in [0.717, 1.165) is 32.5 Å². The van der Waals surface area contributed by atoms with E-state index in [4.69, 9.17) is 13.9 Å². The van der Waals surface area contributed by atoms with Gasteiger partial charge in [-0.15, -0.1) is 11.3 Å². The molecule has 1 N–H and O–H groups in total. The Balaban J connectivity index is 1.24. The maximum atomic E-state index is 12.5. The number of amides is 1. The molecule has 2 aromatic heterocycles. The first-order valence-corrected chi connectivity index (χ1v) is 11.5. The highest BCUT2D eigenvalue weighted by Gasteiger charge is 2.21. The smallest absolute Gasteiger partial charge is 0.287 e. The summed E-state index contributed by atoms with van der Waals surface area (Å²) in [6.45, 7) is 4.02. The van der Waals surface area contributed by atoms with Gasteiger partial charge in [-0.25, -0.2) is 0 Å². The van der Waals surface area contributed by atoms with Crippen LogP contribution in [-0.2, 0) is 13.2 Å². The van der Waals surface area contributed by atoms with Crippen LogP contribution in [0.1, 0.15) is 34.0 Å². The van der Waals surface area contributed by atoms with E-state index in [9.17, 15) is 4.79 Å². The molecule has 6 nitrogen and oxygen atoms in total. The second-order valence-electron chi connectivity index (χ2n) is 7.74. The van der Waals surface area contributed by atoms with Crippen LogP contribution in [0.15, 0.2) is 58.3 Å². The number of ether oxygens (including phenoxy) is 2. The minimum Gasteiger partial charge on any atom is -0.493 e. The Morgan fingerprint density at radius 2 is 2.06 bits per heavy atom. The molecule has 4 rings (SSSR count). The second kappa shape index (κ2) is 10.5. The molecular weight excluding hydrogens is 412 g/mol. The Bertz CT molecular complexity index is 970. The third kappa shape index (κ3) is 5.89. The van der Waals surface area contributed by atoms with Crippen LogP contribution < -0.4 is 14.8 Å². The number of hydrogen-bond acceptors (Lipinski definition) is 6. The largest absolute Gasteiger partial charge is 0.493 e. The van der Waals surface area contributed by atoms with E-state index >= 15 is 0 Å². The van der Waals surface area contributed by atoms with Gasteiger partial charge in [0.1, 0.15) is 12.4 Å². The van der Waals surface area contributed by atoms with Crippen molar-refractivity contribution in [3.05, 3.63) is 70.3 Å². The average Bonchev–Trinajstić information content (AvgIpc) is 3.49. The fraction of sp³-hybridized carbons (Fsp3) is 0.375. The van der Waals surface area contributed by atoms with Gasteiger partial charge in [-0.3, -0.25) is 9.69 Å². The van der Waals surface area contributed by atoms with Crippen LogP contribution in [0.4, 0.5) is 0 Å². The molecule has 1 aromatic carbocycles. The zero-order valence-corrected chi connectivity index (χ0v) is 18.5. The highest BCUT2D eigenvalue weighted by Crippen LogP contribution is 2.27. The number of thiophene rings is 1. The van der Waals surface area contributed by atoms with Crippen molar-refractivity contribution in [2.75, 3.05) is 26.7 Å². The number of nitrogens with one attached hydrogen (secondary N) is 1. The van der Waals surface area contributed by atoms with E-state index in [0.29, 0.717) is 35.5 Å². The summed E-state index contributed by atoms with van der Waals surface area (Å²) in [6.07, 6.45) is 2.30. The molecule has 164 valence electrons. The fourth-order valence-electron chi connectivity index (χ4n) is 3.87. The first-order chi connectivity index (χ1) is 15.2. The number of rotatable bonds is 9. The Labute approximate surface area is 186 Å². The van der Waals surface area contributed by atoms with Gasteiger partial charge in [0, 0.05) is 24.5 Å². The molecule has 31 heavy (non-hydrogen) atoms. The van der Waals surface area contributed by atoms with E-state index < -0.39 is 0 Å². The van der Waals surface area contributed by atoms with Crippen LogP contribution in [0.25, 0.3) is 0 Å². The SMILES string of the molecule is COc1ccccc1OCc1ccc(C(=O)NCC2CCCN(Cc3cccs3)C2)o1. The second-order valence-corrected chi connectivity index (χ2v) is 8.77. The molecule has 0 saturated carbocycles. The third-order valence-corrected chi connectivity index (χ3v) is 6.30. The third-order valence-electron chi connectivity index (χ3n) is 5.44. The number of hydrogen-bond donors (Lipinski definition) is 1. The first kappa shape index (κ1) is 21.5. The molecule has 1 atom stereocenters. The molecule has 1 aliphatic rings. The monoisotopic (exact) mass is 440 g/mol. The molecule has 0 spiro atoms. The molecule has 0 radical (unpaired) electrons. The summed E-state index contributed by atoms with van der Waals surface area (Å²) >= 11 is 1.80. The van der Waals surface area contributed by atoms with Crippen molar-refractivity contribution in [3.63, 3.8) is 0 Å². The summed E-state index contributed by atoms with van der Waals surface area (Å²) in [7, 11) is 1.60. The normalized spacial score (nSPS) is 16.7. The van der Waals surface area contributed by atoms with Gasteiger partial charge in [-0.05, 0) is 61.0 Å². The Morgan fingerprint density at radius 3 is 2.87 bits per heavy atom. The number of piperidine rings is 1. The summed E-state index contributed by atoms with van der Waals surface area (Å²) in [5.74, 6) is 2.48. The Morgan fingerprint density at radius 1 is 1.19 bits per heavy atom. The van der Waals surface area contributed by atoms with Gasteiger partial charge in [0.2, 0.25) is 0 Å². The molecule has 1 saturated heterocycles. The van der Waals surface area contributed by atoms with Crippen LogP contribution in [0, 0.1) is 5.92 Å². The van der Waals surface area contributed by atoms with Crippen LogP contribution in [0.5, 0.6) is 11.5 Å². The lowest BCUT2D eigenvalue weighted by molar-refractivity contribution is 0.0899. The van der Waals surface area contributed by atoms with Gasteiger partial charge in [0.05, 0.1) is 7.11 Å². The summed E-state index contributed by atoms with van der Waals surface area (Å²) < 4.78 is 16.7. The molecule has 0 aliphatic carbocycles. The molecule has 7 heteroatoms. The number of carbonyl (C=O) groups excluding carboxylic acids is 1. The Hall–Kier alpha value is -2.77. The number of likely N-dealkylation sites (tertiary alicyclic amines) is 1. The predicted octanol–water partition coefficient (Wildman–Crippen LogP) is 4.57. The van der Waals surface area contributed by atoms with Crippen molar-refractivity contribution in [2.24, 2.45) is 5.92 Å². The molecule has 3 heterocycles. The van der Waals surface area contributed by atoms with Crippen LogP contribution in [0.3, 0.4) is 0 Å². The lowest BCUT2D eigenvalue weighted by Gasteiger charge is -2.32. The van der Waals surface area contributed by atoms with Gasteiger partial charge in [-0.1, -0.05) is 18.2 Å². The van der Waals surface area contributed by atoms with Gasteiger partial charge in [-0.2, -0.15) is 0 Å². The number of carbonyl (C=O) groups is 1. The topological polar surface area (TPSA) is 63.9 Å². The molecule has 1 fully saturated rings. The van der Waals surface area contributed by atoms with Gasteiger partial charge < -0.3 is 19.2 Å². The maximum absolute atomic E-state index is 12.5. The highest BCUT2D eigenvalue weighted by atomic mass is 32.1. The van der Waals surface area contributed by atoms with E-state index in [1.165, 1.54) is 4.88 Å². The number of para-hydroxylation sites is 2. The predicted molar refractivity (Wildman–Crippen MR) is 121 cm³/mol. The van der Waals surface area contributed by atoms with Crippen LogP contribution in [-0.4, -0.2) is 37.6 Å². The minimum absolute atomic E-state index is 0.182. The van der Waals surface area contributed by atoms with E-state index in [1.54, 1.807) is 30.6 Å². The van der Waals surface area contributed by atoms with Crippen molar-refractivity contribution in [3.8, 4) is 11.5 Å². The van der Waals surface area contributed by atoms with E-state index in [1.807, 2.05) is 24.3 Å². The van der Waals surface area contributed by atoms with Crippen molar-refractivity contribution in [2.45, 2.75) is 26.0 Å². The number of benzene rings is 1. The summed E-state index contributed by atoms with van der Waals surface area (Å²) in [6, 6.07) is 15.2. The minimum atomic E-state index is -0.182. The zero-order chi connectivity index (χ0) is 21.5. The summed E-state index contributed by atoms with van der Waals surface area (Å²) in [5.41, 5.74) is 0. The van der Waals surface area contributed by atoms with E-state index in [2.05, 4.69) is 27.7 Å². The molecule has 1 unspecified atom stereocenters. The standard InChI is InChI=1S/C24H28N2O4S/c1-28-21-8-2-3-9-22(21)29-17-19-10-11-23(30-19)24(27)25-14-18-6-4-12-26(15-18)16-20-7-5-13-31-20/h2-3,5,7-11,13,18H,4,6,12,14-17H2,1H3,(H,25,27). The molecule has 3 aromatic rings. The molecule has 1 aliphatic heterocycles. The lowest BCUT2D eigenvalue weighted by atomic mass is 9.98. The van der Waals surface area contributed by atoms with Gasteiger partial charge in [0.15, 0.2) is 17.3 Å². The zero-order valence-electron chi connectivity index (χ0n) is 17.7. The van der Waals surface area contributed by atoms with Crippen molar-refractivity contribution < 1.29 is 18.7 Å². The summed E-state index contributed by atoms with van der Waals surface area (Å²) in [4.78, 5) is 16.4. The molecule has 0 bridgehead atoms. The number of methoxy groups -OCH3 is 1. The number of furan rings is 1. The van der Waals surface area contributed by atoms with E-state index in [-0.39, 0.29) is 12.5 Å². The lowest BCUT2D eigenvalue weighted by Crippen LogP contribution is -2.40. The maximum Gasteiger partial charge on any atom is 0.287 e. The molecular formula is C24H28N2O4S. The highest BCUT2D eigenvalue weighted by molar-refractivity contribution is 7.09. The first-order valence-electron chi connectivity index (χ1n) is 10.6. The molecule has 1 amide bonds. The van der Waals surface area contributed by atoms with Crippen molar-refractivity contribution in [1.29, 1.82) is 0 Å². The number of nitrogens with zero attached hydrogens (tertiary/aromatic N) is 1. The van der Waals surface area contributed by atoms with Crippen molar-refractivity contribution >= 4 is 17.2 Å². The average molecular weight is 441 g/mol. The van der Waals surface area contributed by atoms with Crippen molar-refractivity contribution in [1.82, 2.24) is 10.2 Å². The summed E-state index contributed by atoms with van der Waals surface area (Å²) in [5, 5.41) is 5.16. The van der Waals surface area contributed by atoms with Crippen LogP contribution >= 0.6 is 11.3 Å². The Kier molecular flexibility index (Phi) is 7.27.